The summed E-state index contributed by atoms with van der Waals surface area (Å²) in [4.78, 5) is 16.3. The third kappa shape index (κ3) is 5.09. The summed E-state index contributed by atoms with van der Waals surface area (Å²) in [5.41, 5.74) is 2.41. The second-order valence-electron chi connectivity index (χ2n) is 9.10. The molecule has 0 bridgehead atoms. The molecule has 1 aliphatic heterocycles. The first-order valence-electron chi connectivity index (χ1n) is 12.5. The Hall–Kier alpha value is -3.77. The Kier molecular flexibility index (Phi) is 7.23. The third-order valence-electron chi connectivity index (χ3n) is 6.79. The minimum absolute atomic E-state index is 0.100. The summed E-state index contributed by atoms with van der Waals surface area (Å²) < 4.78 is 18.4. The summed E-state index contributed by atoms with van der Waals surface area (Å²) in [6, 6.07) is 23.1. The molecule has 36 heavy (non-hydrogen) atoms. The van der Waals surface area contributed by atoms with Crippen molar-refractivity contribution in [2.45, 2.75) is 19.3 Å². The molecule has 5 rings (SSSR count). The molecule has 0 radical (unpaired) electrons. The molecule has 1 aromatic heterocycles. The molecule has 6 nitrogen and oxygen atoms in total. The van der Waals surface area contributed by atoms with Crippen molar-refractivity contribution in [2.24, 2.45) is 0 Å². The van der Waals surface area contributed by atoms with Crippen LogP contribution in [0, 0.1) is 0 Å². The van der Waals surface area contributed by atoms with Gasteiger partial charge in [0.25, 0.3) is 5.56 Å². The number of benzene rings is 3. The van der Waals surface area contributed by atoms with Crippen LogP contribution < -0.4 is 19.8 Å². The molecule has 0 spiro atoms. The van der Waals surface area contributed by atoms with Gasteiger partial charge in [0.1, 0.15) is 17.2 Å². The van der Waals surface area contributed by atoms with Crippen molar-refractivity contribution in [2.75, 3.05) is 40.5 Å². The van der Waals surface area contributed by atoms with Gasteiger partial charge in [-0.05, 0) is 110 Å². The van der Waals surface area contributed by atoms with Gasteiger partial charge in [0.05, 0.1) is 31.9 Å². The first kappa shape index (κ1) is 23.9. The standard InChI is InChI=1S/C30H32N2O4/c1-34-25-11-6-22(7-12-25)29-20-23-8-13-27(35-2)21-28(23)30(33)32(29)24-9-14-26(15-10-24)36-19-5-18-31-16-3-4-17-31/h6-15,20-21H,3-5,16-19H2,1-2H3. The highest BCUT2D eigenvalue weighted by Crippen LogP contribution is 2.29. The van der Waals surface area contributed by atoms with Crippen LogP contribution in [0.1, 0.15) is 19.3 Å². The lowest BCUT2D eigenvalue weighted by molar-refractivity contribution is 0.263. The molecule has 1 saturated heterocycles. The minimum atomic E-state index is -0.100. The molecule has 0 saturated carbocycles. The van der Waals surface area contributed by atoms with Crippen LogP contribution >= 0.6 is 0 Å². The molecule has 0 aliphatic carbocycles. The fourth-order valence-electron chi connectivity index (χ4n) is 4.82. The number of rotatable bonds is 9. The molecule has 6 heteroatoms. The lowest BCUT2D eigenvalue weighted by Crippen LogP contribution is -2.22. The van der Waals surface area contributed by atoms with Gasteiger partial charge in [-0.3, -0.25) is 9.36 Å². The number of pyridine rings is 1. The fourth-order valence-corrected chi connectivity index (χ4v) is 4.82. The van der Waals surface area contributed by atoms with Crippen LogP contribution in [0.5, 0.6) is 17.2 Å². The lowest BCUT2D eigenvalue weighted by Gasteiger charge is -2.17. The summed E-state index contributed by atoms with van der Waals surface area (Å²) >= 11 is 0. The Morgan fingerprint density at radius 3 is 2.14 bits per heavy atom. The Morgan fingerprint density at radius 2 is 1.44 bits per heavy atom. The predicted molar refractivity (Wildman–Crippen MR) is 144 cm³/mol. The van der Waals surface area contributed by atoms with E-state index in [1.165, 1.54) is 25.9 Å². The average Bonchev–Trinajstić information content (AvgIpc) is 3.45. The average molecular weight is 485 g/mol. The minimum Gasteiger partial charge on any atom is -0.497 e. The van der Waals surface area contributed by atoms with Gasteiger partial charge in [-0.15, -0.1) is 0 Å². The zero-order valence-electron chi connectivity index (χ0n) is 20.9. The molecule has 0 atom stereocenters. The quantitative estimate of drug-likeness (QED) is 0.292. The first-order valence-corrected chi connectivity index (χ1v) is 12.5. The van der Waals surface area contributed by atoms with Crippen LogP contribution in [0.4, 0.5) is 0 Å². The van der Waals surface area contributed by atoms with E-state index in [0.29, 0.717) is 17.7 Å². The maximum absolute atomic E-state index is 13.8. The highest BCUT2D eigenvalue weighted by atomic mass is 16.5. The van der Waals surface area contributed by atoms with Crippen molar-refractivity contribution < 1.29 is 14.2 Å². The van der Waals surface area contributed by atoms with Gasteiger partial charge < -0.3 is 19.1 Å². The van der Waals surface area contributed by atoms with Gasteiger partial charge in [0.15, 0.2) is 0 Å². The van der Waals surface area contributed by atoms with Crippen molar-refractivity contribution in [3.05, 3.63) is 83.2 Å². The highest BCUT2D eigenvalue weighted by Gasteiger charge is 2.15. The van der Waals surface area contributed by atoms with Gasteiger partial charge in [-0.2, -0.15) is 0 Å². The van der Waals surface area contributed by atoms with E-state index in [0.717, 1.165) is 46.8 Å². The molecule has 0 N–H and O–H groups in total. The van der Waals surface area contributed by atoms with Crippen LogP contribution in [0.15, 0.2) is 77.6 Å². The normalized spacial score (nSPS) is 13.7. The van der Waals surface area contributed by atoms with Gasteiger partial charge >= 0.3 is 0 Å². The molecular weight excluding hydrogens is 452 g/mol. The van der Waals surface area contributed by atoms with E-state index in [-0.39, 0.29) is 5.56 Å². The van der Waals surface area contributed by atoms with Gasteiger partial charge in [0.2, 0.25) is 0 Å². The smallest absolute Gasteiger partial charge is 0.263 e. The van der Waals surface area contributed by atoms with Crippen LogP contribution in [0.25, 0.3) is 27.7 Å². The van der Waals surface area contributed by atoms with Crippen molar-refractivity contribution in [3.8, 4) is 34.2 Å². The molecule has 1 fully saturated rings. The van der Waals surface area contributed by atoms with Crippen LogP contribution in [0.3, 0.4) is 0 Å². The predicted octanol–water partition coefficient (Wildman–Crippen LogP) is 5.54. The summed E-state index contributed by atoms with van der Waals surface area (Å²) in [6.07, 6.45) is 3.62. The van der Waals surface area contributed by atoms with Crippen LogP contribution in [0.2, 0.25) is 0 Å². The first-order chi connectivity index (χ1) is 17.7. The zero-order valence-corrected chi connectivity index (χ0v) is 20.9. The zero-order chi connectivity index (χ0) is 24.9. The summed E-state index contributed by atoms with van der Waals surface area (Å²) in [7, 11) is 3.25. The van der Waals surface area contributed by atoms with Crippen LogP contribution in [-0.4, -0.2) is 49.9 Å². The second-order valence-corrected chi connectivity index (χ2v) is 9.10. The molecule has 3 aromatic carbocycles. The van der Waals surface area contributed by atoms with Gasteiger partial charge in [-0.25, -0.2) is 0 Å². The number of likely N-dealkylation sites (tertiary alicyclic amines) is 1. The van der Waals surface area contributed by atoms with E-state index in [4.69, 9.17) is 14.2 Å². The number of methoxy groups -OCH3 is 2. The lowest BCUT2D eigenvalue weighted by atomic mass is 10.1. The third-order valence-corrected chi connectivity index (χ3v) is 6.79. The van der Waals surface area contributed by atoms with E-state index in [2.05, 4.69) is 4.90 Å². The van der Waals surface area contributed by atoms with Gasteiger partial charge in [-0.1, -0.05) is 6.07 Å². The van der Waals surface area contributed by atoms with E-state index in [9.17, 15) is 4.79 Å². The van der Waals surface area contributed by atoms with Crippen molar-refractivity contribution in [1.82, 2.24) is 9.47 Å². The van der Waals surface area contributed by atoms with E-state index in [1.807, 2.05) is 66.7 Å². The molecule has 0 unspecified atom stereocenters. The van der Waals surface area contributed by atoms with Crippen molar-refractivity contribution >= 4 is 10.8 Å². The monoisotopic (exact) mass is 484 g/mol. The van der Waals surface area contributed by atoms with Crippen molar-refractivity contribution in [1.29, 1.82) is 0 Å². The summed E-state index contributed by atoms with van der Waals surface area (Å²) in [5.74, 6) is 2.23. The van der Waals surface area contributed by atoms with Gasteiger partial charge in [0, 0.05) is 12.2 Å². The topological polar surface area (TPSA) is 52.9 Å². The molecule has 4 aromatic rings. The largest absolute Gasteiger partial charge is 0.497 e. The molecule has 0 amide bonds. The number of ether oxygens (including phenoxy) is 3. The Morgan fingerprint density at radius 1 is 0.778 bits per heavy atom. The summed E-state index contributed by atoms with van der Waals surface area (Å²) in [6.45, 7) is 4.18. The number of fused-ring (bicyclic) bond motifs is 1. The second kappa shape index (κ2) is 10.9. The summed E-state index contributed by atoms with van der Waals surface area (Å²) in [5, 5.41) is 1.47. The van der Waals surface area contributed by atoms with Crippen LogP contribution in [-0.2, 0) is 0 Å². The number of nitrogens with zero attached hydrogens (tertiary/aromatic N) is 2. The Bertz CT molecular complexity index is 1370. The number of hydrogen-bond donors (Lipinski definition) is 0. The highest BCUT2D eigenvalue weighted by molar-refractivity contribution is 5.87. The van der Waals surface area contributed by atoms with Crippen molar-refractivity contribution in [3.63, 3.8) is 0 Å². The SMILES string of the molecule is COc1ccc(-c2cc3ccc(OC)cc3c(=O)n2-c2ccc(OCCCN3CCCC3)cc2)cc1. The molecule has 2 heterocycles. The molecule has 186 valence electrons. The maximum Gasteiger partial charge on any atom is 0.263 e. The van der Waals surface area contributed by atoms with E-state index < -0.39 is 0 Å². The van der Waals surface area contributed by atoms with E-state index >= 15 is 0 Å². The molecular formula is C30H32N2O4. The van der Waals surface area contributed by atoms with E-state index in [1.54, 1.807) is 24.9 Å². The Labute approximate surface area is 211 Å². The number of hydrogen-bond acceptors (Lipinski definition) is 5. The fraction of sp³-hybridized carbons (Fsp3) is 0.300. The number of aromatic nitrogens is 1. The Balaban J connectivity index is 1.47. The molecule has 1 aliphatic rings. The maximum atomic E-state index is 13.8.